The monoisotopic (exact) mass is 437 g/mol. The molecule has 1 saturated heterocycles. The van der Waals surface area contributed by atoms with Gasteiger partial charge in [-0.3, -0.25) is 4.90 Å². The van der Waals surface area contributed by atoms with Crippen LogP contribution in [0.5, 0.6) is 0 Å². The van der Waals surface area contributed by atoms with Gasteiger partial charge in [0.2, 0.25) is 5.89 Å². The van der Waals surface area contributed by atoms with Crippen LogP contribution in [-0.4, -0.2) is 42.0 Å². The number of benzene rings is 1. The molecule has 1 aliphatic rings. The average molecular weight is 438 g/mol. The van der Waals surface area contributed by atoms with Gasteiger partial charge in [-0.1, -0.05) is 24.3 Å². The number of thiophene rings is 1. The first-order valence-electron chi connectivity index (χ1n) is 11.1. The molecule has 0 amide bonds. The van der Waals surface area contributed by atoms with Crippen LogP contribution in [-0.2, 0) is 13.1 Å². The van der Waals surface area contributed by atoms with Gasteiger partial charge in [0, 0.05) is 36.6 Å². The predicted octanol–water partition coefficient (Wildman–Crippen LogP) is 4.37. The van der Waals surface area contributed by atoms with Crippen molar-refractivity contribution in [2.24, 2.45) is 10.9 Å². The number of oxazole rings is 1. The van der Waals surface area contributed by atoms with E-state index in [1.165, 1.54) is 24.3 Å². The van der Waals surface area contributed by atoms with Gasteiger partial charge in [-0.25, -0.2) is 9.98 Å². The summed E-state index contributed by atoms with van der Waals surface area (Å²) in [5, 5.41) is 9.04. The summed E-state index contributed by atoms with van der Waals surface area (Å²) in [6.45, 7) is 7.73. The number of hydrogen-bond acceptors (Lipinski definition) is 5. The largest absolute Gasteiger partial charge is 0.444 e. The minimum Gasteiger partial charge on any atom is -0.444 e. The van der Waals surface area contributed by atoms with Crippen molar-refractivity contribution in [3.8, 4) is 11.5 Å². The molecule has 31 heavy (non-hydrogen) atoms. The number of guanidine groups is 1. The second-order valence-electron chi connectivity index (χ2n) is 7.91. The lowest BCUT2D eigenvalue weighted by Gasteiger charge is -2.32. The van der Waals surface area contributed by atoms with Gasteiger partial charge < -0.3 is 15.1 Å². The molecule has 0 saturated carbocycles. The summed E-state index contributed by atoms with van der Waals surface area (Å²) in [7, 11) is 0. The lowest BCUT2D eigenvalue weighted by atomic mass is 9.98. The molecule has 1 unspecified atom stereocenters. The summed E-state index contributed by atoms with van der Waals surface area (Å²) in [6, 6.07) is 14.3. The molecule has 7 heteroatoms. The van der Waals surface area contributed by atoms with E-state index in [0.29, 0.717) is 18.4 Å². The second-order valence-corrected chi connectivity index (χ2v) is 8.94. The van der Waals surface area contributed by atoms with Crippen molar-refractivity contribution >= 4 is 17.3 Å². The molecule has 164 valence electrons. The van der Waals surface area contributed by atoms with Crippen LogP contribution in [0.25, 0.3) is 11.5 Å². The van der Waals surface area contributed by atoms with E-state index in [1.807, 2.05) is 41.7 Å². The van der Waals surface area contributed by atoms with Crippen molar-refractivity contribution in [2.75, 3.05) is 26.2 Å². The van der Waals surface area contributed by atoms with Crippen molar-refractivity contribution in [1.82, 2.24) is 20.5 Å². The third kappa shape index (κ3) is 6.42. The molecule has 6 nitrogen and oxygen atoms in total. The van der Waals surface area contributed by atoms with Gasteiger partial charge >= 0.3 is 0 Å². The number of rotatable bonds is 8. The van der Waals surface area contributed by atoms with Crippen LogP contribution in [0.4, 0.5) is 0 Å². The topological polar surface area (TPSA) is 65.7 Å². The molecule has 1 fully saturated rings. The molecule has 1 aliphatic heterocycles. The van der Waals surface area contributed by atoms with Crippen molar-refractivity contribution in [2.45, 2.75) is 32.9 Å². The molecule has 0 radical (unpaired) electrons. The van der Waals surface area contributed by atoms with Crippen LogP contribution in [0, 0.1) is 5.92 Å². The third-order valence-electron chi connectivity index (χ3n) is 5.44. The van der Waals surface area contributed by atoms with Gasteiger partial charge in [0.25, 0.3) is 0 Å². The molecular weight excluding hydrogens is 406 g/mol. The Morgan fingerprint density at radius 2 is 2.13 bits per heavy atom. The predicted molar refractivity (Wildman–Crippen MR) is 127 cm³/mol. The molecule has 0 bridgehead atoms. The summed E-state index contributed by atoms with van der Waals surface area (Å²) in [4.78, 5) is 13.3. The highest BCUT2D eigenvalue weighted by Gasteiger charge is 2.20. The van der Waals surface area contributed by atoms with Crippen LogP contribution in [0.15, 0.2) is 63.5 Å². The van der Waals surface area contributed by atoms with Crippen molar-refractivity contribution < 1.29 is 4.42 Å². The van der Waals surface area contributed by atoms with Crippen LogP contribution in [0.1, 0.15) is 30.3 Å². The SMILES string of the molecule is CCNC(=NCc1coc(-c2ccccc2)n1)NCC1CCCN(Cc2cccs2)C1. The number of aliphatic imine (C=N–C) groups is 1. The van der Waals surface area contributed by atoms with Crippen molar-refractivity contribution in [3.63, 3.8) is 0 Å². The molecule has 3 heterocycles. The van der Waals surface area contributed by atoms with E-state index in [9.17, 15) is 0 Å². The molecule has 2 N–H and O–H groups in total. The molecule has 2 aromatic heterocycles. The number of likely N-dealkylation sites (tertiary alicyclic amines) is 1. The summed E-state index contributed by atoms with van der Waals surface area (Å²) in [6.07, 6.45) is 4.21. The van der Waals surface area contributed by atoms with Crippen LogP contribution >= 0.6 is 11.3 Å². The maximum atomic E-state index is 5.63. The Morgan fingerprint density at radius 3 is 2.94 bits per heavy atom. The molecule has 3 aromatic rings. The van der Waals surface area contributed by atoms with E-state index in [2.05, 4.69) is 45.0 Å². The highest BCUT2D eigenvalue weighted by atomic mass is 32.1. The Labute approximate surface area is 188 Å². The highest BCUT2D eigenvalue weighted by Crippen LogP contribution is 2.20. The minimum absolute atomic E-state index is 0.487. The number of piperidine rings is 1. The Morgan fingerprint density at radius 1 is 1.23 bits per heavy atom. The maximum absolute atomic E-state index is 5.63. The van der Waals surface area contributed by atoms with Crippen LogP contribution in [0.3, 0.4) is 0 Å². The second kappa shape index (κ2) is 11.1. The zero-order chi connectivity index (χ0) is 21.3. The summed E-state index contributed by atoms with van der Waals surface area (Å²) in [5.41, 5.74) is 1.81. The standard InChI is InChI=1S/C24H31N5OS/c1-2-25-24(27-15-21-18-30-23(28-21)20-9-4-3-5-10-20)26-14-19-8-6-12-29(16-19)17-22-11-7-13-31-22/h3-5,7,9-11,13,18-19H,2,6,8,12,14-17H2,1H3,(H2,25,26,27). The van der Waals surface area contributed by atoms with Crippen molar-refractivity contribution in [1.29, 1.82) is 0 Å². The van der Waals surface area contributed by atoms with Gasteiger partial charge in [-0.05, 0) is 55.8 Å². The normalized spacial score (nSPS) is 17.6. The zero-order valence-electron chi connectivity index (χ0n) is 18.1. The first-order chi connectivity index (χ1) is 15.3. The number of aromatic nitrogens is 1. The Hall–Kier alpha value is -2.64. The third-order valence-corrected chi connectivity index (χ3v) is 6.30. The molecule has 0 spiro atoms. The van der Waals surface area contributed by atoms with Gasteiger partial charge in [0.1, 0.15) is 12.0 Å². The van der Waals surface area contributed by atoms with Gasteiger partial charge in [-0.15, -0.1) is 11.3 Å². The summed E-state index contributed by atoms with van der Waals surface area (Å²) in [5.74, 6) is 2.10. The minimum atomic E-state index is 0.487. The van der Waals surface area contributed by atoms with Crippen molar-refractivity contribution in [3.05, 3.63) is 64.7 Å². The van der Waals surface area contributed by atoms with Crippen LogP contribution in [0.2, 0.25) is 0 Å². The lowest BCUT2D eigenvalue weighted by Crippen LogP contribution is -2.44. The van der Waals surface area contributed by atoms with E-state index in [4.69, 9.17) is 9.41 Å². The van der Waals surface area contributed by atoms with E-state index in [1.54, 1.807) is 6.26 Å². The number of nitrogens with zero attached hydrogens (tertiary/aromatic N) is 3. The first-order valence-corrected chi connectivity index (χ1v) is 11.9. The smallest absolute Gasteiger partial charge is 0.226 e. The van der Waals surface area contributed by atoms with E-state index < -0.39 is 0 Å². The summed E-state index contributed by atoms with van der Waals surface area (Å²) >= 11 is 1.85. The average Bonchev–Trinajstić information content (AvgIpc) is 3.49. The fourth-order valence-electron chi connectivity index (χ4n) is 3.92. The molecule has 1 atom stereocenters. The Bertz CT molecular complexity index is 938. The van der Waals surface area contributed by atoms with Gasteiger partial charge in [-0.2, -0.15) is 0 Å². The Balaban J connectivity index is 1.29. The lowest BCUT2D eigenvalue weighted by molar-refractivity contribution is 0.169. The number of nitrogens with one attached hydrogen (secondary N) is 2. The fourth-order valence-corrected chi connectivity index (χ4v) is 4.67. The van der Waals surface area contributed by atoms with E-state index in [0.717, 1.165) is 43.4 Å². The summed E-state index contributed by atoms with van der Waals surface area (Å²) < 4.78 is 5.63. The number of hydrogen-bond donors (Lipinski definition) is 2. The first kappa shape index (κ1) is 21.6. The molecular formula is C24H31N5OS. The zero-order valence-corrected chi connectivity index (χ0v) is 18.9. The fraction of sp³-hybridized carbons (Fsp3) is 0.417. The molecule has 1 aromatic carbocycles. The van der Waals surface area contributed by atoms with Crippen LogP contribution < -0.4 is 10.6 Å². The molecule has 0 aliphatic carbocycles. The van der Waals surface area contributed by atoms with Gasteiger partial charge in [0.15, 0.2) is 5.96 Å². The van der Waals surface area contributed by atoms with Gasteiger partial charge in [0.05, 0.1) is 6.54 Å². The highest BCUT2D eigenvalue weighted by molar-refractivity contribution is 7.09. The molecule has 4 rings (SSSR count). The van der Waals surface area contributed by atoms with E-state index in [-0.39, 0.29) is 0 Å². The van der Waals surface area contributed by atoms with E-state index >= 15 is 0 Å². The quantitative estimate of drug-likeness (QED) is 0.405. The Kier molecular flexibility index (Phi) is 7.74. The maximum Gasteiger partial charge on any atom is 0.226 e.